The van der Waals surface area contributed by atoms with Crippen LogP contribution < -0.4 is 0 Å². The quantitative estimate of drug-likeness (QED) is 0.812. The lowest BCUT2D eigenvalue weighted by atomic mass is 10.2. The number of rotatable bonds is 6. The number of hydrogen-bond donors (Lipinski definition) is 1. The van der Waals surface area contributed by atoms with Gasteiger partial charge in [-0.25, -0.2) is 0 Å². The number of allylic oxidation sites excluding steroid dienone is 1. The van der Waals surface area contributed by atoms with Crippen molar-refractivity contribution < 1.29 is 9.90 Å². The first-order valence-corrected chi connectivity index (χ1v) is 8.54. The number of nitrogens with zero attached hydrogens (tertiary/aromatic N) is 2. The summed E-state index contributed by atoms with van der Waals surface area (Å²) in [7, 11) is 0. The average molecular weight is 337 g/mol. The molecule has 1 atom stereocenters. The van der Waals surface area contributed by atoms with Gasteiger partial charge in [0.2, 0.25) is 0 Å². The van der Waals surface area contributed by atoms with Crippen LogP contribution in [0.3, 0.4) is 0 Å². The van der Waals surface area contributed by atoms with Crippen LogP contribution >= 0.6 is 11.6 Å². The summed E-state index contributed by atoms with van der Waals surface area (Å²) in [6, 6.07) is 7.03. The molecule has 1 fully saturated rings. The number of aliphatic hydroxyl groups is 1. The van der Waals surface area contributed by atoms with Crippen molar-refractivity contribution in [3.05, 3.63) is 47.5 Å². The van der Waals surface area contributed by atoms with Gasteiger partial charge in [0.25, 0.3) is 5.91 Å². The lowest BCUT2D eigenvalue weighted by Crippen LogP contribution is -2.37. The molecule has 0 aromatic heterocycles. The van der Waals surface area contributed by atoms with E-state index in [9.17, 15) is 9.90 Å². The molecule has 0 saturated carbocycles. The molecule has 1 aromatic carbocycles. The fourth-order valence-electron chi connectivity index (χ4n) is 2.83. The van der Waals surface area contributed by atoms with Crippen LogP contribution in [0, 0.1) is 0 Å². The van der Waals surface area contributed by atoms with Crippen molar-refractivity contribution in [3.8, 4) is 0 Å². The lowest BCUT2D eigenvalue weighted by Gasteiger charge is -2.24. The van der Waals surface area contributed by atoms with E-state index in [-0.39, 0.29) is 12.0 Å². The lowest BCUT2D eigenvalue weighted by molar-refractivity contribution is 0.0753. The number of amides is 1. The van der Waals surface area contributed by atoms with E-state index in [4.69, 9.17) is 11.6 Å². The highest BCUT2D eigenvalue weighted by molar-refractivity contribution is 6.30. The monoisotopic (exact) mass is 336 g/mol. The van der Waals surface area contributed by atoms with Gasteiger partial charge in [-0.05, 0) is 50.1 Å². The molecule has 0 unspecified atom stereocenters. The summed E-state index contributed by atoms with van der Waals surface area (Å²) in [4.78, 5) is 16.7. The highest BCUT2D eigenvalue weighted by atomic mass is 35.5. The zero-order valence-electron chi connectivity index (χ0n) is 13.5. The Bertz CT molecular complexity index is 518. The van der Waals surface area contributed by atoms with Gasteiger partial charge < -0.3 is 10.0 Å². The molecule has 1 heterocycles. The third kappa shape index (κ3) is 5.65. The SMILES string of the molecule is C=CCC[C@@H](O)CN1CCCN(C(=O)c2ccc(Cl)cc2)CC1. The first-order valence-electron chi connectivity index (χ1n) is 8.16. The predicted molar refractivity (Wildman–Crippen MR) is 93.9 cm³/mol. The van der Waals surface area contributed by atoms with Gasteiger partial charge in [-0.2, -0.15) is 0 Å². The summed E-state index contributed by atoms with van der Waals surface area (Å²) in [5.74, 6) is 0.0516. The summed E-state index contributed by atoms with van der Waals surface area (Å²) >= 11 is 5.87. The van der Waals surface area contributed by atoms with Crippen molar-refractivity contribution in [2.75, 3.05) is 32.7 Å². The second kappa shape index (κ2) is 9.06. The van der Waals surface area contributed by atoms with Gasteiger partial charge in [0.15, 0.2) is 0 Å². The van der Waals surface area contributed by atoms with Crippen LogP contribution in [-0.2, 0) is 0 Å². The minimum atomic E-state index is -0.327. The van der Waals surface area contributed by atoms with Crippen LogP contribution in [0.5, 0.6) is 0 Å². The summed E-state index contributed by atoms with van der Waals surface area (Å²) in [6.45, 7) is 7.49. The molecule has 1 amide bonds. The van der Waals surface area contributed by atoms with Crippen LogP contribution in [0.25, 0.3) is 0 Å². The number of β-amino-alcohol motifs (C(OH)–C–C–N with tert-alkyl or cyclic N) is 1. The van der Waals surface area contributed by atoms with Gasteiger partial charge in [-0.3, -0.25) is 9.69 Å². The standard InChI is InChI=1S/C18H25ClN2O2/c1-2-3-5-17(22)14-20-10-4-11-21(13-12-20)18(23)15-6-8-16(19)9-7-15/h2,6-9,17,22H,1,3-5,10-14H2/t17-/m1/s1. The Morgan fingerprint density at radius 2 is 2.00 bits per heavy atom. The third-order valence-electron chi connectivity index (χ3n) is 4.14. The van der Waals surface area contributed by atoms with Crippen molar-refractivity contribution in [1.82, 2.24) is 9.80 Å². The molecule has 23 heavy (non-hydrogen) atoms. The minimum Gasteiger partial charge on any atom is -0.392 e. The normalized spacial score (nSPS) is 17.6. The summed E-state index contributed by atoms with van der Waals surface area (Å²) in [6.07, 6.45) is 4.00. The Morgan fingerprint density at radius 1 is 1.26 bits per heavy atom. The Morgan fingerprint density at radius 3 is 2.70 bits per heavy atom. The van der Waals surface area contributed by atoms with Crippen molar-refractivity contribution >= 4 is 17.5 Å². The molecule has 0 bridgehead atoms. The average Bonchev–Trinajstić information content (AvgIpc) is 2.78. The molecule has 5 heteroatoms. The number of hydrogen-bond acceptors (Lipinski definition) is 3. The molecule has 2 rings (SSSR count). The molecule has 1 saturated heterocycles. The maximum atomic E-state index is 12.5. The minimum absolute atomic E-state index is 0.0516. The van der Waals surface area contributed by atoms with E-state index >= 15 is 0 Å². The summed E-state index contributed by atoms with van der Waals surface area (Å²) in [5.41, 5.74) is 0.675. The van der Waals surface area contributed by atoms with E-state index in [1.165, 1.54) is 0 Å². The maximum absolute atomic E-state index is 12.5. The van der Waals surface area contributed by atoms with E-state index in [2.05, 4.69) is 11.5 Å². The molecule has 4 nitrogen and oxygen atoms in total. The largest absolute Gasteiger partial charge is 0.392 e. The maximum Gasteiger partial charge on any atom is 0.253 e. The highest BCUT2D eigenvalue weighted by Gasteiger charge is 2.21. The van der Waals surface area contributed by atoms with Crippen LogP contribution in [0.4, 0.5) is 0 Å². The van der Waals surface area contributed by atoms with Gasteiger partial charge >= 0.3 is 0 Å². The van der Waals surface area contributed by atoms with Gasteiger partial charge in [0, 0.05) is 36.8 Å². The second-order valence-electron chi connectivity index (χ2n) is 5.97. The second-order valence-corrected chi connectivity index (χ2v) is 6.41. The molecule has 0 radical (unpaired) electrons. The molecule has 1 aliphatic rings. The molecule has 126 valence electrons. The highest BCUT2D eigenvalue weighted by Crippen LogP contribution is 2.13. The van der Waals surface area contributed by atoms with Gasteiger partial charge in [-0.1, -0.05) is 17.7 Å². The molecule has 0 spiro atoms. The zero-order valence-corrected chi connectivity index (χ0v) is 14.2. The zero-order chi connectivity index (χ0) is 16.7. The van der Waals surface area contributed by atoms with Gasteiger partial charge in [0.05, 0.1) is 6.10 Å². The van der Waals surface area contributed by atoms with E-state index in [0.29, 0.717) is 23.7 Å². The predicted octanol–water partition coefficient (Wildman–Crippen LogP) is 2.82. The number of carbonyl (C=O) groups is 1. The fraction of sp³-hybridized carbons (Fsp3) is 0.500. The summed E-state index contributed by atoms with van der Waals surface area (Å²) < 4.78 is 0. The van der Waals surface area contributed by atoms with Crippen molar-refractivity contribution in [3.63, 3.8) is 0 Å². The smallest absolute Gasteiger partial charge is 0.253 e. The molecule has 0 aliphatic carbocycles. The fourth-order valence-corrected chi connectivity index (χ4v) is 2.96. The van der Waals surface area contributed by atoms with Gasteiger partial charge in [0.1, 0.15) is 0 Å². The van der Waals surface area contributed by atoms with Crippen LogP contribution in [0.2, 0.25) is 5.02 Å². The Kier molecular flexibility index (Phi) is 7.09. The number of carbonyl (C=O) groups excluding carboxylic acids is 1. The first-order chi connectivity index (χ1) is 11.1. The Balaban J connectivity index is 1.86. The van der Waals surface area contributed by atoms with Crippen LogP contribution in [-0.4, -0.2) is 59.6 Å². The molecular weight excluding hydrogens is 312 g/mol. The van der Waals surface area contributed by atoms with E-state index < -0.39 is 0 Å². The van der Waals surface area contributed by atoms with Crippen LogP contribution in [0.15, 0.2) is 36.9 Å². The van der Waals surface area contributed by atoms with E-state index in [0.717, 1.165) is 38.9 Å². The topological polar surface area (TPSA) is 43.8 Å². The Labute approximate surface area is 143 Å². The van der Waals surface area contributed by atoms with E-state index in [1.54, 1.807) is 24.3 Å². The van der Waals surface area contributed by atoms with Crippen molar-refractivity contribution in [2.24, 2.45) is 0 Å². The molecular formula is C18H25ClN2O2. The van der Waals surface area contributed by atoms with Crippen molar-refractivity contribution in [2.45, 2.75) is 25.4 Å². The molecule has 1 aromatic rings. The summed E-state index contributed by atoms with van der Waals surface area (Å²) in [5, 5.41) is 10.7. The Hall–Kier alpha value is -1.36. The molecule has 1 N–H and O–H groups in total. The first kappa shape index (κ1) is 18.0. The molecule has 1 aliphatic heterocycles. The number of aliphatic hydroxyl groups excluding tert-OH is 1. The van der Waals surface area contributed by atoms with Gasteiger partial charge in [-0.15, -0.1) is 6.58 Å². The van der Waals surface area contributed by atoms with Crippen molar-refractivity contribution in [1.29, 1.82) is 0 Å². The number of halogens is 1. The van der Waals surface area contributed by atoms with Crippen LogP contribution in [0.1, 0.15) is 29.6 Å². The van der Waals surface area contributed by atoms with E-state index in [1.807, 2.05) is 11.0 Å². The number of benzene rings is 1. The third-order valence-corrected chi connectivity index (χ3v) is 4.39.